The molecule has 0 saturated carbocycles. The Bertz CT molecular complexity index is 1240. The molecule has 1 amide bonds. The van der Waals surface area contributed by atoms with Gasteiger partial charge < -0.3 is 5.32 Å². The quantitative estimate of drug-likeness (QED) is 0.527. The van der Waals surface area contributed by atoms with Crippen molar-refractivity contribution >= 4 is 21.6 Å². The summed E-state index contributed by atoms with van der Waals surface area (Å²) >= 11 is 0. The van der Waals surface area contributed by atoms with E-state index in [1.54, 1.807) is 13.0 Å². The molecule has 0 aromatic heterocycles. The maximum absolute atomic E-state index is 13.1. The third-order valence-electron chi connectivity index (χ3n) is 6.03. The fraction of sp³-hybridized carbons (Fsp3) is 0.269. The van der Waals surface area contributed by atoms with Gasteiger partial charge in [-0.15, -0.1) is 0 Å². The maximum Gasteiger partial charge on any atom is 0.261 e. The topological polar surface area (TPSA) is 78.5 Å². The van der Waals surface area contributed by atoms with Gasteiger partial charge in [-0.2, -0.15) is 0 Å². The SMILES string of the molecule is Cc1ccc(S(=O)(=O)Nc2ccc(F)cc2)cc1C(=O)NC1CCN(Cc2ccccc2)CC1. The first kappa shape index (κ1) is 23.9. The largest absolute Gasteiger partial charge is 0.349 e. The summed E-state index contributed by atoms with van der Waals surface area (Å²) in [6.45, 7) is 4.44. The summed E-state index contributed by atoms with van der Waals surface area (Å²) in [5, 5.41) is 3.07. The van der Waals surface area contributed by atoms with Gasteiger partial charge in [0.2, 0.25) is 0 Å². The first-order chi connectivity index (χ1) is 16.3. The minimum Gasteiger partial charge on any atom is -0.349 e. The van der Waals surface area contributed by atoms with E-state index in [4.69, 9.17) is 0 Å². The number of piperidine rings is 1. The van der Waals surface area contributed by atoms with Crippen molar-refractivity contribution in [3.63, 3.8) is 0 Å². The van der Waals surface area contributed by atoms with Crippen LogP contribution in [0.15, 0.2) is 77.7 Å². The van der Waals surface area contributed by atoms with E-state index in [-0.39, 0.29) is 22.5 Å². The van der Waals surface area contributed by atoms with Crippen molar-refractivity contribution in [2.75, 3.05) is 17.8 Å². The van der Waals surface area contributed by atoms with Crippen molar-refractivity contribution in [1.29, 1.82) is 0 Å². The lowest BCUT2D eigenvalue weighted by Crippen LogP contribution is -2.44. The second-order valence-electron chi connectivity index (χ2n) is 8.60. The summed E-state index contributed by atoms with van der Waals surface area (Å²) in [4.78, 5) is 15.3. The maximum atomic E-state index is 13.1. The van der Waals surface area contributed by atoms with Gasteiger partial charge in [-0.3, -0.25) is 14.4 Å². The van der Waals surface area contributed by atoms with Gasteiger partial charge in [0.1, 0.15) is 5.82 Å². The van der Waals surface area contributed by atoms with Crippen molar-refractivity contribution in [3.8, 4) is 0 Å². The minimum absolute atomic E-state index is 0.0229. The molecule has 0 unspecified atom stereocenters. The normalized spacial score (nSPS) is 15.1. The second kappa shape index (κ2) is 10.4. The van der Waals surface area contributed by atoms with Gasteiger partial charge >= 0.3 is 0 Å². The van der Waals surface area contributed by atoms with Crippen LogP contribution in [-0.4, -0.2) is 38.4 Å². The van der Waals surface area contributed by atoms with Crippen molar-refractivity contribution in [3.05, 3.63) is 95.3 Å². The van der Waals surface area contributed by atoms with Gasteiger partial charge in [0, 0.05) is 36.9 Å². The van der Waals surface area contributed by atoms with Crippen LogP contribution in [0.1, 0.15) is 34.3 Å². The Morgan fingerprint density at radius 2 is 1.68 bits per heavy atom. The molecule has 6 nitrogen and oxygen atoms in total. The van der Waals surface area contributed by atoms with Gasteiger partial charge in [0.15, 0.2) is 0 Å². The Hall–Kier alpha value is -3.23. The highest BCUT2D eigenvalue weighted by Crippen LogP contribution is 2.21. The number of carbonyl (C=O) groups excluding carboxylic acids is 1. The molecule has 1 aliphatic heterocycles. The van der Waals surface area contributed by atoms with Crippen molar-refractivity contribution in [1.82, 2.24) is 10.2 Å². The predicted molar refractivity (Wildman–Crippen MR) is 131 cm³/mol. The van der Waals surface area contributed by atoms with Gasteiger partial charge in [0.25, 0.3) is 15.9 Å². The lowest BCUT2D eigenvalue weighted by atomic mass is 10.0. The average molecular weight is 482 g/mol. The van der Waals surface area contributed by atoms with Crippen LogP contribution in [0, 0.1) is 12.7 Å². The highest BCUT2D eigenvalue weighted by atomic mass is 32.2. The third-order valence-corrected chi connectivity index (χ3v) is 7.41. The minimum atomic E-state index is -3.93. The average Bonchev–Trinajstić information content (AvgIpc) is 2.82. The summed E-state index contributed by atoms with van der Waals surface area (Å²) in [6.07, 6.45) is 1.67. The number of hydrogen-bond donors (Lipinski definition) is 2. The summed E-state index contributed by atoms with van der Waals surface area (Å²) < 4.78 is 41.2. The molecule has 3 aromatic rings. The lowest BCUT2D eigenvalue weighted by Gasteiger charge is -2.32. The lowest BCUT2D eigenvalue weighted by molar-refractivity contribution is 0.0908. The molecular weight excluding hydrogens is 453 g/mol. The molecule has 0 spiro atoms. The van der Waals surface area contributed by atoms with Crippen molar-refractivity contribution in [2.45, 2.75) is 37.2 Å². The van der Waals surface area contributed by atoms with Crippen molar-refractivity contribution < 1.29 is 17.6 Å². The molecule has 2 N–H and O–H groups in total. The molecule has 1 saturated heterocycles. The molecule has 178 valence electrons. The first-order valence-electron chi connectivity index (χ1n) is 11.3. The Labute approximate surface area is 199 Å². The van der Waals surface area contributed by atoms with Crippen LogP contribution in [0.25, 0.3) is 0 Å². The molecule has 8 heteroatoms. The summed E-state index contributed by atoms with van der Waals surface area (Å²) in [5.74, 6) is -0.735. The number of rotatable bonds is 7. The standard InChI is InChI=1S/C26H28FN3O3S/c1-19-7-12-24(34(32,33)29-23-10-8-21(27)9-11-23)17-25(19)26(31)28-22-13-15-30(16-14-22)18-20-5-3-2-4-6-20/h2-12,17,22,29H,13-16,18H2,1H3,(H,28,31). The van der Waals surface area contributed by atoms with E-state index in [0.717, 1.165) is 32.5 Å². The van der Waals surface area contributed by atoms with Crippen LogP contribution < -0.4 is 10.0 Å². The number of halogens is 1. The number of amides is 1. The Morgan fingerprint density at radius 1 is 1.00 bits per heavy atom. The zero-order valence-electron chi connectivity index (χ0n) is 19.0. The number of sulfonamides is 1. The van der Waals surface area contributed by atoms with Gasteiger partial charge in [-0.1, -0.05) is 36.4 Å². The summed E-state index contributed by atoms with van der Waals surface area (Å²) in [6, 6.07) is 19.9. The molecule has 0 bridgehead atoms. The number of likely N-dealkylation sites (tertiary alicyclic amines) is 1. The molecule has 4 rings (SSSR count). The number of nitrogens with zero attached hydrogens (tertiary/aromatic N) is 1. The third kappa shape index (κ3) is 6.01. The fourth-order valence-corrected chi connectivity index (χ4v) is 5.17. The molecule has 0 atom stereocenters. The molecule has 34 heavy (non-hydrogen) atoms. The van der Waals surface area contributed by atoms with E-state index in [9.17, 15) is 17.6 Å². The number of carbonyl (C=O) groups is 1. The van der Waals surface area contributed by atoms with Gasteiger partial charge in [0.05, 0.1) is 4.90 Å². The Balaban J connectivity index is 1.39. The van der Waals surface area contributed by atoms with Gasteiger partial charge in [-0.25, -0.2) is 12.8 Å². The monoisotopic (exact) mass is 481 g/mol. The molecule has 3 aromatic carbocycles. The number of nitrogens with one attached hydrogen (secondary N) is 2. The highest BCUT2D eigenvalue weighted by Gasteiger charge is 2.23. The molecule has 1 aliphatic rings. The van der Waals surface area contributed by atoms with Crippen LogP contribution in [-0.2, 0) is 16.6 Å². The van der Waals surface area contributed by atoms with E-state index >= 15 is 0 Å². The first-order valence-corrected chi connectivity index (χ1v) is 12.7. The van der Waals surface area contributed by atoms with Crippen LogP contribution >= 0.6 is 0 Å². The zero-order valence-corrected chi connectivity index (χ0v) is 19.8. The second-order valence-corrected chi connectivity index (χ2v) is 10.3. The van der Waals surface area contributed by atoms with E-state index < -0.39 is 15.8 Å². The van der Waals surface area contributed by atoms with E-state index in [1.807, 2.05) is 18.2 Å². The number of hydrogen-bond acceptors (Lipinski definition) is 4. The number of aryl methyl sites for hydroxylation is 1. The highest BCUT2D eigenvalue weighted by molar-refractivity contribution is 7.92. The molecular formula is C26H28FN3O3S. The molecule has 1 fully saturated rings. The zero-order chi connectivity index (χ0) is 24.1. The van der Waals surface area contributed by atoms with Crippen LogP contribution in [0.4, 0.5) is 10.1 Å². The summed E-state index contributed by atoms with van der Waals surface area (Å²) in [5.41, 5.74) is 2.54. The smallest absolute Gasteiger partial charge is 0.261 e. The predicted octanol–water partition coefficient (Wildman–Crippen LogP) is 4.33. The van der Waals surface area contributed by atoms with E-state index in [0.29, 0.717) is 11.1 Å². The number of benzene rings is 3. The molecule has 0 aliphatic carbocycles. The van der Waals surface area contributed by atoms with E-state index in [1.165, 1.54) is 42.0 Å². The van der Waals surface area contributed by atoms with E-state index in [2.05, 4.69) is 27.1 Å². The van der Waals surface area contributed by atoms with Crippen molar-refractivity contribution in [2.24, 2.45) is 0 Å². The Morgan fingerprint density at radius 3 is 2.35 bits per heavy atom. The number of anilines is 1. The molecule has 0 radical (unpaired) electrons. The van der Waals surface area contributed by atoms with Crippen LogP contribution in [0.5, 0.6) is 0 Å². The van der Waals surface area contributed by atoms with Gasteiger partial charge in [-0.05, 0) is 67.3 Å². The van der Waals surface area contributed by atoms with Crippen LogP contribution in [0.3, 0.4) is 0 Å². The van der Waals surface area contributed by atoms with Crippen LogP contribution in [0.2, 0.25) is 0 Å². The fourth-order valence-electron chi connectivity index (χ4n) is 4.09. The summed E-state index contributed by atoms with van der Waals surface area (Å²) in [7, 11) is -3.93. The molecule has 1 heterocycles. The Kier molecular flexibility index (Phi) is 7.29.